The maximum Gasteiger partial charge on any atom is 0.417 e. The van der Waals surface area contributed by atoms with E-state index in [0.29, 0.717) is 0 Å². The Hall–Kier alpha value is -2.97. The van der Waals surface area contributed by atoms with Crippen LogP contribution in [0.25, 0.3) is 10.9 Å². The third kappa shape index (κ3) is 4.40. The Labute approximate surface area is 177 Å². The zero-order chi connectivity index (χ0) is 23.2. The van der Waals surface area contributed by atoms with Gasteiger partial charge in [-0.15, -0.1) is 0 Å². The van der Waals surface area contributed by atoms with Crippen molar-refractivity contribution in [1.29, 1.82) is 0 Å². The van der Waals surface area contributed by atoms with Crippen molar-refractivity contribution in [3.63, 3.8) is 0 Å². The summed E-state index contributed by atoms with van der Waals surface area (Å²) in [5.41, 5.74) is -3.46. The second-order valence-electron chi connectivity index (χ2n) is 8.88. The number of esters is 1. The summed E-state index contributed by atoms with van der Waals surface area (Å²) in [4.78, 5) is 42.8. The summed E-state index contributed by atoms with van der Waals surface area (Å²) in [6.07, 6.45) is -3.73. The van der Waals surface area contributed by atoms with Gasteiger partial charge in [-0.05, 0) is 33.8 Å². The van der Waals surface area contributed by atoms with Crippen molar-refractivity contribution in [3.8, 4) is 0 Å². The van der Waals surface area contributed by atoms with Crippen molar-refractivity contribution < 1.29 is 32.3 Å². The Balaban J connectivity index is 1.87. The number of ketones is 1. The Morgan fingerprint density at radius 2 is 1.68 bits per heavy atom. The van der Waals surface area contributed by atoms with Gasteiger partial charge >= 0.3 is 12.1 Å². The molecule has 0 saturated carbocycles. The molecule has 31 heavy (non-hydrogen) atoms. The number of para-hydroxylation sites is 1. The van der Waals surface area contributed by atoms with Crippen LogP contribution in [0.15, 0.2) is 30.5 Å². The quantitative estimate of drug-likeness (QED) is 0.676. The van der Waals surface area contributed by atoms with Crippen LogP contribution in [0, 0.1) is 0 Å². The van der Waals surface area contributed by atoms with Gasteiger partial charge in [0.2, 0.25) is 0 Å². The molecule has 9 heteroatoms. The minimum Gasteiger partial charge on any atom is -0.452 e. The van der Waals surface area contributed by atoms with Crippen molar-refractivity contribution in [2.24, 2.45) is 0 Å². The largest absolute Gasteiger partial charge is 0.452 e. The van der Waals surface area contributed by atoms with Crippen LogP contribution in [0.4, 0.5) is 13.2 Å². The molecule has 1 aromatic carbocycles. The predicted octanol–water partition coefficient (Wildman–Crippen LogP) is 4.16. The predicted molar refractivity (Wildman–Crippen MR) is 106 cm³/mol. The second-order valence-corrected chi connectivity index (χ2v) is 8.88. The van der Waals surface area contributed by atoms with Gasteiger partial charge in [0.1, 0.15) is 5.78 Å². The van der Waals surface area contributed by atoms with Crippen molar-refractivity contribution >= 4 is 28.6 Å². The third-order valence-corrected chi connectivity index (χ3v) is 5.33. The zero-order valence-corrected chi connectivity index (χ0v) is 17.7. The standard InChI is InChI=1S/C22H23F3N2O4/c1-20(2)9-13(28)10-21(3,4)27(20)17(29)12-31-19(30)15-11-26-16-8-6-5-7-14(16)18(15)22(23,24)25/h5-8,11H,9-10,12H2,1-4H3. The summed E-state index contributed by atoms with van der Waals surface area (Å²) in [5, 5.41) is -0.229. The number of halogens is 3. The summed E-state index contributed by atoms with van der Waals surface area (Å²) in [5.74, 6) is -1.87. The lowest BCUT2D eigenvalue weighted by atomic mass is 9.79. The molecular weight excluding hydrogens is 413 g/mol. The first kappa shape index (κ1) is 22.7. The smallest absolute Gasteiger partial charge is 0.417 e. The highest BCUT2D eigenvalue weighted by atomic mass is 19.4. The molecule has 1 aliphatic heterocycles. The normalized spacial score (nSPS) is 18.2. The van der Waals surface area contributed by atoms with Gasteiger partial charge < -0.3 is 9.64 Å². The van der Waals surface area contributed by atoms with E-state index in [0.717, 1.165) is 6.20 Å². The number of rotatable bonds is 3. The molecule has 0 spiro atoms. The van der Waals surface area contributed by atoms with E-state index < -0.39 is 46.9 Å². The van der Waals surface area contributed by atoms with Crippen LogP contribution in [-0.2, 0) is 20.5 Å². The number of hydrogen-bond donors (Lipinski definition) is 0. The van der Waals surface area contributed by atoms with Crippen LogP contribution in [0.3, 0.4) is 0 Å². The molecule has 0 radical (unpaired) electrons. The van der Waals surface area contributed by atoms with E-state index in [1.54, 1.807) is 33.8 Å². The van der Waals surface area contributed by atoms with E-state index in [9.17, 15) is 27.6 Å². The SMILES string of the molecule is CC1(C)CC(=O)CC(C)(C)N1C(=O)COC(=O)c1cnc2ccccc2c1C(F)(F)F. The van der Waals surface area contributed by atoms with Crippen molar-refractivity contribution in [2.75, 3.05) is 6.61 Å². The van der Waals surface area contributed by atoms with Crippen LogP contribution in [0.1, 0.15) is 56.5 Å². The first-order valence-corrected chi connectivity index (χ1v) is 9.71. The van der Waals surface area contributed by atoms with Gasteiger partial charge in [-0.3, -0.25) is 14.6 Å². The summed E-state index contributed by atoms with van der Waals surface area (Å²) < 4.78 is 46.2. The van der Waals surface area contributed by atoms with Crippen LogP contribution in [-0.4, -0.2) is 45.2 Å². The molecule has 2 heterocycles. The van der Waals surface area contributed by atoms with E-state index in [2.05, 4.69) is 4.98 Å². The lowest BCUT2D eigenvalue weighted by molar-refractivity contribution is -0.156. The van der Waals surface area contributed by atoms with Crippen molar-refractivity contribution in [3.05, 3.63) is 41.6 Å². The van der Waals surface area contributed by atoms with Crippen molar-refractivity contribution in [2.45, 2.75) is 57.8 Å². The molecule has 0 bridgehead atoms. The molecule has 0 aliphatic carbocycles. The maximum absolute atomic E-state index is 13.7. The molecule has 3 rings (SSSR count). The molecule has 166 valence electrons. The number of carbonyl (C=O) groups is 3. The number of hydrogen-bond acceptors (Lipinski definition) is 5. The molecule has 6 nitrogen and oxygen atoms in total. The summed E-state index contributed by atoms with van der Waals surface area (Å²) >= 11 is 0. The van der Waals surface area contributed by atoms with Gasteiger partial charge in [0.05, 0.1) is 16.6 Å². The number of fused-ring (bicyclic) bond motifs is 1. The number of benzene rings is 1. The van der Waals surface area contributed by atoms with Crippen LogP contribution < -0.4 is 0 Å². The fourth-order valence-electron chi connectivity index (χ4n) is 4.55. The van der Waals surface area contributed by atoms with E-state index in [4.69, 9.17) is 4.74 Å². The number of amides is 1. The van der Waals surface area contributed by atoms with Gasteiger partial charge in [0.15, 0.2) is 6.61 Å². The number of likely N-dealkylation sites (tertiary alicyclic amines) is 1. The summed E-state index contributed by atoms with van der Waals surface area (Å²) in [6.45, 7) is 6.15. The first-order chi connectivity index (χ1) is 14.2. The second kappa shape index (κ2) is 7.62. The van der Waals surface area contributed by atoms with Gasteiger partial charge in [-0.25, -0.2) is 4.79 Å². The molecule has 1 fully saturated rings. The first-order valence-electron chi connectivity index (χ1n) is 9.71. The maximum atomic E-state index is 13.7. The molecule has 0 atom stereocenters. The topological polar surface area (TPSA) is 76.6 Å². The number of piperidine rings is 1. The fourth-order valence-corrected chi connectivity index (χ4v) is 4.55. The van der Waals surface area contributed by atoms with E-state index >= 15 is 0 Å². The lowest BCUT2D eigenvalue weighted by Crippen LogP contribution is -2.63. The molecule has 1 amide bonds. The summed E-state index contributed by atoms with van der Waals surface area (Å²) in [7, 11) is 0. The Morgan fingerprint density at radius 3 is 2.26 bits per heavy atom. The zero-order valence-electron chi connectivity index (χ0n) is 17.7. The lowest BCUT2D eigenvalue weighted by Gasteiger charge is -2.51. The van der Waals surface area contributed by atoms with E-state index in [1.165, 1.54) is 23.1 Å². The van der Waals surface area contributed by atoms with E-state index in [-0.39, 0.29) is 29.5 Å². The number of aromatic nitrogens is 1. The summed E-state index contributed by atoms with van der Waals surface area (Å²) in [6, 6.07) is 5.59. The van der Waals surface area contributed by atoms with Gasteiger partial charge in [-0.1, -0.05) is 18.2 Å². The molecule has 1 aromatic heterocycles. The molecule has 0 N–H and O–H groups in total. The van der Waals surface area contributed by atoms with E-state index in [1.807, 2.05) is 0 Å². The average molecular weight is 436 g/mol. The minimum atomic E-state index is -4.82. The van der Waals surface area contributed by atoms with Gasteiger partial charge in [0.25, 0.3) is 5.91 Å². The van der Waals surface area contributed by atoms with Crippen LogP contribution in [0.5, 0.6) is 0 Å². The highest BCUT2D eigenvalue weighted by Gasteiger charge is 2.47. The number of ether oxygens (including phenoxy) is 1. The number of nitrogens with zero attached hydrogens (tertiary/aromatic N) is 2. The molecular formula is C22H23F3N2O4. The highest BCUT2D eigenvalue weighted by Crippen LogP contribution is 2.38. The van der Waals surface area contributed by atoms with Gasteiger partial charge in [-0.2, -0.15) is 13.2 Å². The number of pyridine rings is 1. The molecule has 1 aliphatic rings. The minimum absolute atomic E-state index is 0.00750. The Kier molecular flexibility index (Phi) is 5.58. The molecule has 0 unspecified atom stereocenters. The molecule has 2 aromatic rings. The third-order valence-electron chi connectivity index (χ3n) is 5.33. The van der Waals surface area contributed by atoms with Crippen LogP contribution in [0.2, 0.25) is 0 Å². The monoisotopic (exact) mass is 436 g/mol. The van der Waals surface area contributed by atoms with Crippen LogP contribution >= 0.6 is 0 Å². The van der Waals surface area contributed by atoms with Crippen molar-refractivity contribution in [1.82, 2.24) is 9.88 Å². The van der Waals surface area contributed by atoms with Gasteiger partial charge in [0, 0.05) is 35.5 Å². The Bertz CT molecular complexity index is 1040. The number of carbonyl (C=O) groups excluding carboxylic acids is 3. The number of Topliss-reactive ketones (excluding diaryl/α,β-unsaturated/α-hetero) is 1. The fraction of sp³-hybridized carbons (Fsp3) is 0.455. The highest BCUT2D eigenvalue weighted by molar-refractivity contribution is 5.98. The molecule has 1 saturated heterocycles. The number of alkyl halides is 3. The Morgan fingerprint density at radius 1 is 1.10 bits per heavy atom. The average Bonchev–Trinajstić information content (AvgIpc) is 2.61.